The Morgan fingerprint density at radius 2 is 1.83 bits per heavy atom. The van der Waals surface area contributed by atoms with E-state index < -0.39 is 10.8 Å². The zero-order valence-corrected chi connectivity index (χ0v) is 16.2. The first-order chi connectivity index (χ1) is 13.9. The maximum atomic E-state index is 13.0. The number of anilines is 3. The summed E-state index contributed by atoms with van der Waals surface area (Å²) in [4.78, 5) is 24.7. The summed E-state index contributed by atoms with van der Waals surface area (Å²) in [5.41, 5.74) is 13.4. The number of carbonyl (C=O) groups excluding carboxylic acids is 1. The molecule has 0 saturated heterocycles. The molecule has 5 N–H and O–H groups in total. The van der Waals surface area contributed by atoms with Gasteiger partial charge < -0.3 is 21.5 Å². The van der Waals surface area contributed by atoms with Crippen LogP contribution in [0.3, 0.4) is 0 Å². The first-order valence-corrected chi connectivity index (χ1v) is 9.26. The van der Waals surface area contributed by atoms with E-state index in [1.165, 1.54) is 31.0 Å². The number of nitrogen functional groups attached to an aromatic ring is 2. The molecule has 0 unspecified atom stereocenters. The van der Waals surface area contributed by atoms with Gasteiger partial charge in [0.05, 0.1) is 23.3 Å². The zero-order chi connectivity index (χ0) is 21.0. The molecule has 3 aromatic carbocycles. The molecule has 0 fully saturated rings. The van der Waals surface area contributed by atoms with Gasteiger partial charge in [-0.05, 0) is 36.4 Å². The SMILES string of the molecule is COc1cc(N)ccc1NC(=O)c1c(N)cccc1Sc1ccc([N+](=O)[O-])cc1. The van der Waals surface area contributed by atoms with Gasteiger partial charge in [-0.1, -0.05) is 17.8 Å². The lowest BCUT2D eigenvalue weighted by atomic mass is 10.1. The third-order valence-electron chi connectivity index (χ3n) is 4.03. The van der Waals surface area contributed by atoms with Crippen molar-refractivity contribution in [3.63, 3.8) is 0 Å². The summed E-state index contributed by atoms with van der Waals surface area (Å²) in [7, 11) is 1.48. The summed E-state index contributed by atoms with van der Waals surface area (Å²) in [6.45, 7) is 0. The second-order valence-electron chi connectivity index (χ2n) is 5.99. The van der Waals surface area contributed by atoms with Gasteiger partial charge in [-0.25, -0.2) is 0 Å². The number of nitrogens with zero attached hydrogens (tertiary/aromatic N) is 1. The van der Waals surface area contributed by atoms with Crippen molar-refractivity contribution in [2.24, 2.45) is 0 Å². The number of nitro benzene ring substituents is 1. The molecule has 29 heavy (non-hydrogen) atoms. The van der Waals surface area contributed by atoms with Gasteiger partial charge in [-0.2, -0.15) is 0 Å². The molecule has 1 amide bonds. The molecule has 0 atom stereocenters. The normalized spacial score (nSPS) is 10.4. The highest BCUT2D eigenvalue weighted by Gasteiger charge is 2.18. The Morgan fingerprint density at radius 1 is 1.10 bits per heavy atom. The largest absolute Gasteiger partial charge is 0.494 e. The number of hydrogen-bond acceptors (Lipinski definition) is 7. The molecule has 8 nitrogen and oxygen atoms in total. The lowest BCUT2D eigenvalue weighted by Crippen LogP contribution is -2.16. The van der Waals surface area contributed by atoms with E-state index in [4.69, 9.17) is 16.2 Å². The number of non-ortho nitro benzene ring substituents is 1. The highest BCUT2D eigenvalue weighted by molar-refractivity contribution is 7.99. The van der Waals surface area contributed by atoms with Crippen LogP contribution in [0.25, 0.3) is 0 Å². The standard InChI is InChI=1S/C20H18N4O4S/c1-28-17-11-12(21)5-10-16(17)23-20(25)19-15(22)3-2-4-18(19)29-14-8-6-13(7-9-14)24(26)27/h2-11H,21-22H2,1H3,(H,23,25). The molecule has 0 aliphatic heterocycles. The smallest absolute Gasteiger partial charge is 0.269 e. The van der Waals surface area contributed by atoms with Crippen LogP contribution in [-0.4, -0.2) is 17.9 Å². The molecule has 0 aliphatic carbocycles. The van der Waals surface area contributed by atoms with Crippen LogP contribution >= 0.6 is 11.8 Å². The van der Waals surface area contributed by atoms with Crippen molar-refractivity contribution in [2.75, 3.05) is 23.9 Å². The predicted molar refractivity (Wildman–Crippen MR) is 113 cm³/mol. The van der Waals surface area contributed by atoms with E-state index in [2.05, 4.69) is 5.32 Å². The minimum atomic E-state index is -0.464. The van der Waals surface area contributed by atoms with E-state index >= 15 is 0 Å². The summed E-state index contributed by atoms with van der Waals surface area (Å²) in [5.74, 6) is 0.0213. The van der Waals surface area contributed by atoms with Crippen LogP contribution in [0.1, 0.15) is 10.4 Å². The zero-order valence-electron chi connectivity index (χ0n) is 15.4. The van der Waals surface area contributed by atoms with E-state index in [0.717, 1.165) is 4.90 Å². The highest BCUT2D eigenvalue weighted by Crippen LogP contribution is 2.35. The van der Waals surface area contributed by atoms with Crippen LogP contribution in [0, 0.1) is 10.1 Å². The van der Waals surface area contributed by atoms with Crippen LogP contribution in [0.15, 0.2) is 70.5 Å². The quantitative estimate of drug-likeness (QED) is 0.315. The van der Waals surface area contributed by atoms with Crippen molar-refractivity contribution in [3.05, 3.63) is 76.3 Å². The summed E-state index contributed by atoms with van der Waals surface area (Å²) in [6, 6.07) is 16.1. The number of nitro groups is 1. The lowest BCUT2D eigenvalue weighted by Gasteiger charge is -2.14. The molecular formula is C20H18N4O4S. The molecule has 0 aromatic heterocycles. The number of hydrogen-bond donors (Lipinski definition) is 3. The Morgan fingerprint density at radius 3 is 2.48 bits per heavy atom. The van der Waals surface area contributed by atoms with E-state index in [1.807, 2.05) is 0 Å². The van der Waals surface area contributed by atoms with Gasteiger partial charge in [0, 0.05) is 39.4 Å². The Labute approximate surface area is 171 Å². The second kappa shape index (κ2) is 8.53. The van der Waals surface area contributed by atoms with Crippen LogP contribution in [0.4, 0.5) is 22.7 Å². The molecule has 148 valence electrons. The number of ether oxygens (including phenoxy) is 1. The first-order valence-electron chi connectivity index (χ1n) is 8.44. The summed E-state index contributed by atoms with van der Waals surface area (Å²) < 4.78 is 5.26. The van der Waals surface area contributed by atoms with Crippen molar-refractivity contribution in [2.45, 2.75) is 9.79 Å². The van der Waals surface area contributed by atoms with E-state index in [0.29, 0.717) is 33.3 Å². The second-order valence-corrected chi connectivity index (χ2v) is 7.10. The van der Waals surface area contributed by atoms with Gasteiger partial charge in [0.1, 0.15) is 5.75 Å². The molecular weight excluding hydrogens is 392 g/mol. The molecule has 0 radical (unpaired) electrons. The van der Waals surface area contributed by atoms with Gasteiger partial charge in [0.25, 0.3) is 11.6 Å². The van der Waals surface area contributed by atoms with Crippen molar-refractivity contribution >= 4 is 40.4 Å². The number of benzene rings is 3. The third kappa shape index (κ3) is 4.58. The maximum absolute atomic E-state index is 13.0. The van der Waals surface area contributed by atoms with Gasteiger partial charge in [0.15, 0.2) is 0 Å². The predicted octanol–water partition coefficient (Wildman–Crippen LogP) is 4.17. The highest BCUT2D eigenvalue weighted by atomic mass is 32.2. The molecule has 3 aromatic rings. The topological polar surface area (TPSA) is 134 Å². The number of amides is 1. The van der Waals surface area contributed by atoms with Crippen LogP contribution in [-0.2, 0) is 0 Å². The van der Waals surface area contributed by atoms with Crippen molar-refractivity contribution < 1.29 is 14.5 Å². The van der Waals surface area contributed by atoms with Crippen LogP contribution in [0.5, 0.6) is 5.75 Å². The molecule has 0 heterocycles. The first kappa shape index (κ1) is 20.0. The van der Waals surface area contributed by atoms with E-state index in [9.17, 15) is 14.9 Å². The monoisotopic (exact) mass is 410 g/mol. The maximum Gasteiger partial charge on any atom is 0.269 e. The van der Waals surface area contributed by atoms with Gasteiger partial charge in [0.2, 0.25) is 0 Å². The van der Waals surface area contributed by atoms with Crippen molar-refractivity contribution in [1.29, 1.82) is 0 Å². The average molecular weight is 410 g/mol. The van der Waals surface area contributed by atoms with Crippen LogP contribution < -0.4 is 21.5 Å². The molecule has 0 spiro atoms. The molecule has 0 aliphatic rings. The van der Waals surface area contributed by atoms with Gasteiger partial charge >= 0.3 is 0 Å². The van der Waals surface area contributed by atoms with Gasteiger partial charge in [-0.15, -0.1) is 0 Å². The Hall–Kier alpha value is -3.72. The Kier molecular flexibility index (Phi) is 5.89. The fourth-order valence-electron chi connectivity index (χ4n) is 2.63. The molecule has 9 heteroatoms. The summed E-state index contributed by atoms with van der Waals surface area (Å²) >= 11 is 1.29. The Balaban J connectivity index is 1.90. The summed E-state index contributed by atoms with van der Waals surface area (Å²) in [6.07, 6.45) is 0. The van der Waals surface area contributed by atoms with Crippen molar-refractivity contribution in [1.82, 2.24) is 0 Å². The van der Waals surface area contributed by atoms with Gasteiger partial charge in [-0.3, -0.25) is 14.9 Å². The van der Waals surface area contributed by atoms with E-state index in [1.54, 1.807) is 48.5 Å². The fourth-order valence-corrected chi connectivity index (χ4v) is 3.62. The molecule has 3 rings (SSSR count). The number of nitrogens with two attached hydrogens (primary N) is 2. The number of carbonyl (C=O) groups is 1. The number of rotatable bonds is 6. The fraction of sp³-hybridized carbons (Fsp3) is 0.0500. The lowest BCUT2D eigenvalue weighted by molar-refractivity contribution is -0.384. The Bertz CT molecular complexity index is 1070. The number of nitrogens with one attached hydrogen (secondary N) is 1. The third-order valence-corrected chi connectivity index (χ3v) is 5.10. The minimum absolute atomic E-state index is 0.00432. The molecule has 0 saturated carbocycles. The van der Waals surface area contributed by atoms with Crippen molar-refractivity contribution in [3.8, 4) is 5.75 Å². The van der Waals surface area contributed by atoms with Crippen LogP contribution in [0.2, 0.25) is 0 Å². The summed E-state index contributed by atoms with van der Waals surface area (Å²) in [5, 5.41) is 13.6. The number of methoxy groups -OCH3 is 1. The molecule has 0 bridgehead atoms. The van der Waals surface area contributed by atoms with E-state index in [-0.39, 0.29) is 5.69 Å². The minimum Gasteiger partial charge on any atom is -0.494 e. The average Bonchev–Trinajstić information content (AvgIpc) is 2.69.